The number of carbonyl (C=O) groups is 1. The number of urea groups is 1. The van der Waals surface area contributed by atoms with E-state index in [1.165, 1.54) is 18.7 Å². The van der Waals surface area contributed by atoms with Crippen LogP contribution in [0.15, 0.2) is 12.1 Å². The Labute approximate surface area is 115 Å². The minimum Gasteiger partial charge on any atom is -0.389 e. The van der Waals surface area contributed by atoms with E-state index in [-0.39, 0.29) is 13.1 Å². The number of amides is 2. The lowest BCUT2D eigenvalue weighted by atomic mass is 10.1. The minimum atomic E-state index is -1.65. The fraction of sp³-hybridized carbons (Fsp3) is 0.462. The summed E-state index contributed by atoms with van der Waals surface area (Å²) >= 11 is 0. The van der Waals surface area contributed by atoms with Crippen molar-refractivity contribution in [2.24, 2.45) is 0 Å². The Morgan fingerprint density at radius 1 is 1.30 bits per heavy atom. The van der Waals surface area contributed by atoms with Gasteiger partial charge in [-0.25, -0.2) is 18.0 Å². The van der Waals surface area contributed by atoms with Gasteiger partial charge >= 0.3 is 6.03 Å². The van der Waals surface area contributed by atoms with Crippen molar-refractivity contribution >= 4 is 11.7 Å². The molecule has 2 amide bonds. The van der Waals surface area contributed by atoms with Crippen molar-refractivity contribution in [3.63, 3.8) is 0 Å². The Morgan fingerprint density at radius 3 is 2.40 bits per heavy atom. The molecule has 1 aromatic carbocycles. The molecule has 0 unspecified atom stereocenters. The van der Waals surface area contributed by atoms with Crippen LogP contribution < -0.4 is 5.32 Å². The van der Waals surface area contributed by atoms with E-state index in [0.717, 1.165) is 12.1 Å². The minimum absolute atomic E-state index is 0.0145. The number of hydrogen-bond donors (Lipinski definition) is 2. The van der Waals surface area contributed by atoms with Crippen LogP contribution in [-0.4, -0.2) is 34.7 Å². The van der Waals surface area contributed by atoms with Crippen LogP contribution in [0.25, 0.3) is 0 Å². The summed E-state index contributed by atoms with van der Waals surface area (Å²) in [5, 5.41) is 11.8. The number of nitrogens with zero attached hydrogens (tertiary/aromatic N) is 1. The first-order chi connectivity index (χ1) is 9.15. The molecule has 0 aliphatic carbocycles. The number of rotatable bonds is 4. The molecule has 1 aromatic rings. The zero-order valence-electron chi connectivity index (χ0n) is 11.5. The van der Waals surface area contributed by atoms with E-state index in [1.54, 1.807) is 6.92 Å². The molecule has 7 heteroatoms. The standard InChI is InChI=1S/C13H17F3N2O2/c1-4-18(7-13(2,3)20)12(19)17-9-6-5-8(14)10(15)11(9)16/h5-6,20H,4,7H2,1-3H3,(H,17,19). The average molecular weight is 290 g/mol. The number of carbonyl (C=O) groups excluding carboxylic acids is 1. The van der Waals surface area contributed by atoms with Crippen LogP contribution in [-0.2, 0) is 0 Å². The summed E-state index contributed by atoms with van der Waals surface area (Å²) in [4.78, 5) is 13.1. The number of halogens is 3. The van der Waals surface area contributed by atoms with E-state index < -0.39 is 34.8 Å². The predicted octanol–water partition coefficient (Wildman–Crippen LogP) is 2.73. The molecular formula is C13H17F3N2O2. The van der Waals surface area contributed by atoms with Gasteiger partial charge in [-0.05, 0) is 32.9 Å². The fourth-order valence-electron chi connectivity index (χ4n) is 1.61. The van der Waals surface area contributed by atoms with Gasteiger partial charge in [-0.2, -0.15) is 0 Å². The Bertz CT molecular complexity index is 501. The van der Waals surface area contributed by atoms with E-state index >= 15 is 0 Å². The van der Waals surface area contributed by atoms with Crippen LogP contribution in [0.3, 0.4) is 0 Å². The molecule has 1 rings (SSSR count). The maximum Gasteiger partial charge on any atom is 0.322 e. The zero-order valence-corrected chi connectivity index (χ0v) is 11.5. The number of hydrogen-bond acceptors (Lipinski definition) is 2. The number of benzene rings is 1. The molecule has 0 saturated carbocycles. The highest BCUT2D eigenvalue weighted by Gasteiger charge is 2.23. The molecule has 0 saturated heterocycles. The molecule has 0 bridgehead atoms. The van der Waals surface area contributed by atoms with Crippen molar-refractivity contribution in [3.8, 4) is 0 Å². The first-order valence-corrected chi connectivity index (χ1v) is 6.07. The molecule has 4 nitrogen and oxygen atoms in total. The maximum atomic E-state index is 13.4. The summed E-state index contributed by atoms with van der Waals surface area (Å²) in [7, 11) is 0. The Balaban J connectivity index is 2.87. The maximum absolute atomic E-state index is 13.4. The lowest BCUT2D eigenvalue weighted by Gasteiger charge is -2.28. The number of nitrogens with one attached hydrogen (secondary N) is 1. The van der Waals surface area contributed by atoms with Crippen molar-refractivity contribution < 1.29 is 23.1 Å². The van der Waals surface area contributed by atoms with E-state index in [0.29, 0.717) is 0 Å². The largest absolute Gasteiger partial charge is 0.389 e. The van der Waals surface area contributed by atoms with E-state index in [4.69, 9.17) is 0 Å². The van der Waals surface area contributed by atoms with Gasteiger partial charge in [0.15, 0.2) is 17.5 Å². The summed E-state index contributed by atoms with van der Waals surface area (Å²) in [6.45, 7) is 4.98. The summed E-state index contributed by atoms with van der Waals surface area (Å²) in [5.41, 5.74) is -1.58. The highest BCUT2D eigenvalue weighted by Crippen LogP contribution is 2.20. The molecule has 0 spiro atoms. The molecule has 112 valence electrons. The highest BCUT2D eigenvalue weighted by atomic mass is 19.2. The normalized spacial score (nSPS) is 11.3. The van der Waals surface area contributed by atoms with Gasteiger partial charge in [0.2, 0.25) is 0 Å². The first-order valence-electron chi connectivity index (χ1n) is 6.07. The second-order valence-corrected chi connectivity index (χ2v) is 4.98. The summed E-state index contributed by atoms with van der Waals surface area (Å²) < 4.78 is 39.2. The topological polar surface area (TPSA) is 52.6 Å². The van der Waals surface area contributed by atoms with E-state index in [1.807, 2.05) is 0 Å². The summed E-state index contributed by atoms with van der Waals surface area (Å²) in [6.07, 6.45) is 0. The average Bonchev–Trinajstić information content (AvgIpc) is 2.35. The fourth-order valence-corrected chi connectivity index (χ4v) is 1.61. The monoisotopic (exact) mass is 290 g/mol. The van der Waals surface area contributed by atoms with Crippen molar-refractivity contribution in [2.75, 3.05) is 18.4 Å². The molecule has 0 aliphatic heterocycles. The zero-order chi connectivity index (χ0) is 15.5. The van der Waals surface area contributed by atoms with Crippen LogP contribution in [0.4, 0.5) is 23.7 Å². The first kappa shape index (κ1) is 16.3. The number of likely N-dealkylation sites (N-methyl/N-ethyl adjacent to an activating group) is 1. The Kier molecular flexibility index (Phi) is 4.99. The molecule has 0 heterocycles. The second-order valence-electron chi connectivity index (χ2n) is 4.98. The van der Waals surface area contributed by atoms with Crippen molar-refractivity contribution in [2.45, 2.75) is 26.4 Å². The van der Waals surface area contributed by atoms with Crippen LogP contribution in [0.1, 0.15) is 20.8 Å². The smallest absolute Gasteiger partial charge is 0.322 e. The van der Waals surface area contributed by atoms with Gasteiger partial charge in [-0.1, -0.05) is 0 Å². The summed E-state index contributed by atoms with van der Waals surface area (Å²) in [5.74, 6) is -4.43. The highest BCUT2D eigenvalue weighted by molar-refractivity contribution is 5.89. The van der Waals surface area contributed by atoms with Gasteiger partial charge in [0.1, 0.15) is 0 Å². The molecule has 0 radical (unpaired) electrons. The molecule has 0 aromatic heterocycles. The third kappa shape index (κ3) is 4.12. The van der Waals surface area contributed by atoms with Crippen molar-refractivity contribution in [1.82, 2.24) is 4.90 Å². The van der Waals surface area contributed by atoms with Gasteiger partial charge in [0, 0.05) is 6.54 Å². The van der Waals surface area contributed by atoms with Gasteiger partial charge in [0.25, 0.3) is 0 Å². The molecule has 0 aliphatic rings. The van der Waals surface area contributed by atoms with Crippen molar-refractivity contribution in [1.29, 1.82) is 0 Å². The quantitative estimate of drug-likeness (QED) is 0.838. The summed E-state index contributed by atoms with van der Waals surface area (Å²) in [6, 6.07) is 0.948. The SMILES string of the molecule is CCN(CC(C)(C)O)C(=O)Nc1ccc(F)c(F)c1F. The van der Waals surface area contributed by atoms with Gasteiger partial charge in [-0.3, -0.25) is 0 Å². The Morgan fingerprint density at radius 2 is 1.90 bits per heavy atom. The van der Waals surface area contributed by atoms with E-state index in [2.05, 4.69) is 5.32 Å². The second kappa shape index (κ2) is 6.13. The van der Waals surface area contributed by atoms with Crippen LogP contribution in [0.2, 0.25) is 0 Å². The van der Waals surface area contributed by atoms with Crippen LogP contribution in [0.5, 0.6) is 0 Å². The van der Waals surface area contributed by atoms with Crippen LogP contribution in [0, 0.1) is 17.5 Å². The third-order valence-corrected chi connectivity index (χ3v) is 2.52. The number of aliphatic hydroxyl groups is 1. The molecule has 0 atom stereocenters. The van der Waals surface area contributed by atoms with Gasteiger partial charge in [-0.15, -0.1) is 0 Å². The van der Waals surface area contributed by atoms with Gasteiger partial charge < -0.3 is 15.3 Å². The lowest BCUT2D eigenvalue weighted by Crippen LogP contribution is -2.44. The number of anilines is 1. The lowest BCUT2D eigenvalue weighted by molar-refractivity contribution is 0.0501. The third-order valence-electron chi connectivity index (χ3n) is 2.52. The predicted molar refractivity (Wildman–Crippen MR) is 68.9 cm³/mol. The van der Waals surface area contributed by atoms with Crippen LogP contribution >= 0.6 is 0 Å². The molecule has 0 fully saturated rings. The van der Waals surface area contributed by atoms with Crippen molar-refractivity contribution in [3.05, 3.63) is 29.6 Å². The van der Waals surface area contributed by atoms with E-state index in [9.17, 15) is 23.1 Å². The van der Waals surface area contributed by atoms with Gasteiger partial charge in [0.05, 0.1) is 17.8 Å². The Hall–Kier alpha value is -1.76. The molecular weight excluding hydrogens is 273 g/mol. The molecule has 20 heavy (non-hydrogen) atoms. The molecule has 2 N–H and O–H groups in total.